The van der Waals surface area contributed by atoms with Crippen molar-refractivity contribution >= 4 is 22.6 Å². The number of rotatable bonds is 4. The Hall–Kier alpha value is -2.94. The molecule has 0 N–H and O–H groups in total. The predicted octanol–water partition coefficient (Wildman–Crippen LogP) is 5.55. The molecule has 0 aliphatic heterocycles. The van der Waals surface area contributed by atoms with Crippen LogP contribution in [-0.2, 0) is 6.18 Å². The second-order valence-corrected chi connectivity index (χ2v) is 7.59. The summed E-state index contributed by atoms with van der Waals surface area (Å²) in [7, 11) is 0. The number of imidazole rings is 1. The maximum absolute atomic E-state index is 13.1. The lowest BCUT2D eigenvalue weighted by atomic mass is 10.1. The molecule has 1 atom stereocenters. The van der Waals surface area contributed by atoms with Gasteiger partial charge in [0.05, 0.1) is 17.6 Å². The Kier molecular flexibility index (Phi) is 5.01. The van der Waals surface area contributed by atoms with Crippen LogP contribution in [0.1, 0.15) is 44.1 Å². The van der Waals surface area contributed by atoms with Gasteiger partial charge in [-0.05, 0) is 37.9 Å². The van der Waals surface area contributed by atoms with E-state index < -0.39 is 11.9 Å². The van der Waals surface area contributed by atoms with Crippen molar-refractivity contribution in [2.24, 2.45) is 0 Å². The van der Waals surface area contributed by atoms with Crippen molar-refractivity contribution in [2.75, 3.05) is 0 Å². The zero-order chi connectivity index (χ0) is 21.6. The van der Waals surface area contributed by atoms with E-state index in [1.165, 1.54) is 4.57 Å². The van der Waals surface area contributed by atoms with Crippen molar-refractivity contribution in [1.82, 2.24) is 29.3 Å². The summed E-state index contributed by atoms with van der Waals surface area (Å²) in [5, 5.41) is 5.27. The van der Waals surface area contributed by atoms with Crippen LogP contribution in [0.25, 0.3) is 22.4 Å². The van der Waals surface area contributed by atoms with Crippen molar-refractivity contribution < 1.29 is 13.2 Å². The van der Waals surface area contributed by atoms with Gasteiger partial charge < -0.3 is 4.57 Å². The fourth-order valence-corrected chi connectivity index (χ4v) is 3.42. The lowest BCUT2D eigenvalue weighted by Gasteiger charge is -2.15. The van der Waals surface area contributed by atoms with Crippen molar-refractivity contribution in [1.29, 1.82) is 0 Å². The molecule has 0 radical (unpaired) electrons. The normalized spacial score (nSPS) is 13.3. The summed E-state index contributed by atoms with van der Waals surface area (Å²) in [6.07, 6.45) is -0.175. The Labute approximate surface area is 175 Å². The zero-order valence-electron chi connectivity index (χ0n) is 16.4. The molecule has 0 amide bonds. The number of hydrogen-bond acceptors (Lipinski definition) is 4. The summed E-state index contributed by atoms with van der Waals surface area (Å²) in [5.74, 6) is 0.278. The molecule has 156 valence electrons. The topological polar surface area (TPSA) is 61.4 Å². The van der Waals surface area contributed by atoms with E-state index in [1.54, 1.807) is 29.2 Å². The van der Waals surface area contributed by atoms with Crippen LogP contribution in [0, 0.1) is 0 Å². The van der Waals surface area contributed by atoms with Crippen LogP contribution in [0.15, 0.2) is 42.9 Å². The molecule has 1 aromatic carbocycles. The number of benzene rings is 1. The highest BCUT2D eigenvalue weighted by atomic mass is 35.5. The van der Waals surface area contributed by atoms with E-state index in [0.29, 0.717) is 11.2 Å². The fraction of sp³-hybridized carbons (Fsp3) is 0.300. The first-order valence-corrected chi connectivity index (χ1v) is 9.65. The number of halogens is 4. The maximum atomic E-state index is 13.1. The molecule has 0 aliphatic carbocycles. The standard InChI is InChI=1S/C20H18ClF3N6/c1-11(2)29-10-16(20(22,23)24)27-17(29)14-6-4-13(5-7-14)12(3)30-18-15(9-26-30)8-25-19(21)28-18/h4-12H,1-3H3/t12-/m0/s1. The van der Waals surface area contributed by atoms with Crippen LogP contribution >= 0.6 is 11.6 Å². The van der Waals surface area contributed by atoms with Gasteiger partial charge in [-0.15, -0.1) is 0 Å². The molecule has 10 heteroatoms. The van der Waals surface area contributed by atoms with Crippen LogP contribution in [0.2, 0.25) is 5.28 Å². The Morgan fingerprint density at radius 3 is 2.33 bits per heavy atom. The maximum Gasteiger partial charge on any atom is 0.434 e. The van der Waals surface area contributed by atoms with Gasteiger partial charge in [0.2, 0.25) is 5.28 Å². The highest BCUT2D eigenvalue weighted by Gasteiger charge is 2.35. The van der Waals surface area contributed by atoms with Crippen LogP contribution < -0.4 is 0 Å². The second-order valence-electron chi connectivity index (χ2n) is 7.25. The Morgan fingerprint density at radius 2 is 1.70 bits per heavy atom. The summed E-state index contributed by atoms with van der Waals surface area (Å²) in [6.45, 7) is 5.59. The quantitative estimate of drug-likeness (QED) is 0.395. The third-order valence-corrected chi connectivity index (χ3v) is 5.08. The van der Waals surface area contributed by atoms with Gasteiger partial charge >= 0.3 is 6.18 Å². The van der Waals surface area contributed by atoms with Crippen LogP contribution in [0.3, 0.4) is 0 Å². The molecule has 0 spiro atoms. The largest absolute Gasteiger partial charge is 0.434 e. The van der Waals surface area contributed by atoms with Crippen LogP contribution in [0.5, 0.6) is 0 Å². The lowest BCUT2D eigenvalue weighted by Crippen LogP contribution is -2.09. The molecule has 0 saturated heterocycles. The van der Waals surface area contributed by atoms with Gasteiger partial charge in [-0.3, -0.25) is 0 Å². The second kappa shape index (κ2) is 7.39. The molecule has 6 nitrogen and oxygen atoms in total. The van der Waals surface area contributed by atoms with E-state index in [0.717, 1.165) is 17.1 Å². The van der Waals surface area contributed by atoms with Crippen molar-refractivity contribution in [3.63, 3.8) is 0 Å². The van der Waals surface area contributed by atoms with Crippen molar-refractivity contribution in [2.45, 2.75) is 39.0 Å². The molecule has 0 bridgehead atoms. The van der Waals surface area contributed by atoms with Gasteiger partial charge in [0, 0.05) is 24.0 Å². The Balaban J connectivity index is 1.69. The fourth-order valence-electron chi connectivity index (χ4n) is 3.29. The molecule has 3 heterocycles. The van der Waals surface area contributed by atoms with E-state index in [9.17, 15) is 13.2 Å². The summed E-state index contributed by atoms with van der Waals surface area (Å²) >= 11 is 5.91. The van der Waals surface area contributed by atoms with Gasteiger partial charge in [0.25, 0.3) is 0 Å². The molecule has 0 saturated carbocycles. The number of hydrogen-bond donors (Lipinski definition) is 0. The highest BCUT2D eigenvalue weighted by Crippen LogP contribution is 2.33. The first-order chi connectivity index (χ1) is 14.1. The molecule has 30 heavy (non-hydrogen) atoms. The summed E-state index contributed by atoms with van der Waals surface area (Å²) in [5.41, 5.74) is 1.22. The molecule has 4 aromatic rings. The SMILES string of the molecule is CC(C)n1cc(C(F)(F)F)nc1-c1ccc([C@H](C)n2ncc3cnc(Cl)nc32)cc1. The van der Waals surface area contributed by atoms with Crippen molar-refractivity contribution in [3.8, 4) is 11.4 Å². The minimum atomic E-state index is -4.49. The Bertz CT molecular complexity index is 1190. The van der Waals surface area contributed by atoms with E-state index in [1.807, 2.05) is 32.9 Å². The molecule has 4 rings (SSSR count). The predicted molar refractivity (Wildman–Crippen MR) is 107 cm³/mol. The molecular formula is C20H18ClF3N6. The minimum absolute atomic E-state index is 0.132. The van der Waals surface area contributed by atoms with Gasteiger partial charge in [0.1, 0.15) is 5.82 Å². The smallest absolute Gasteiger partial charge is 0.328 e. The average molecular weight is 435 g/mol. The molecule has 3 aromatic heterocycles. The molecule has 0 unspecified atom stereocenters. The summed E-state index contributed by atoms with van der Waals surface area (Å²) < 4.78 is 42.7. The average Bonchev–Trinajstić information content (AvgIpc) is 3.32. The third kappa shape index (κ3) is 3.65. The first-order valence-electron chi connectivity index (χ1n) is 9.27. The van der Waals surface area contributed by atoms with Crippen LogP contribution in [-0.4, -0.2) is 29.3 Å². The number of fused-ring (bicyclic) bond motifs is 1. The monoisotopic (exact) mass is 434 g/mol. The van der Waals surface area contributed by atoms with E-state index in [-0.39, 0.29) is 23.2 Å². The summed E-state index contributed by atoms with van der Waals surface area (Å²) in [6, 6.07) is 6.90. The van der Waals surface area contributed by atoms with Gasteiger partial charge in [-0.2, -0.15) is 23.3 Å². The van der Waals surface area contributed by atoms with Crippen molar-refractivity contribution in [3.05, 3.63) is 59.4 Å². The third-order valence-electron chi connectivity index (χ3n) is 4.90. The summed E-state index contributed by atoms with van der Waals surface area (Å²) in [4.78, 5) is 12.0. The zero-order valence-corrected chi connectivity index (χ0v) is 17.1. The van der Waals surface area contributed by atoms with Gasteiger partial charge in [0.15, 0.2) is 11.3 Å². The number of nitrogens with zero attached hydrogens (tertiary/aromatic N) is 6. The van der Waals surface area contributed by atoms with Gasteiger partial charge in [-0.25, -0.2) is 14.6 Å². The van der Waals surface area contributed by atoms with E-state index >= 15 is 0 Å². The molecule has 0 fully saturated rings. The van der Waals surface area contributed by atoms with E-state index in [4.69, 9.17) is 11.6 Å². The molecule has 0 aliphatic rings. The van der Waals surface area contributed by atoms with Crippen LogP contribution in [0.4, 0.5) is 13.2 Å². The Morgan fingerprint density at radius 1 is 1.00 bits per heavy atom. The lowest BCUT2D eigenvalue weighted by molar-refractivity contribution is -0.140. The number of aromatic nitrogens is 6. The highest BCUT2D eigenvalue weighted by molar-refractivity contribution is 6.28. The minimum Gasteiger partial charge on any atom is -0.328 e. The first kappa shape index (κ1) is 20.3. The molecular weight excluding hydrogens is 417 g/mol. The van der Waals surface area contributed by atoms with Gasteiger partial charge in [-0.1, -0.05) is 24.3 Å². The van der Waals surface area contributed by atoms with E-state index in [2.05, 4.69) is 20.1 Å². The number of alkyl halides is 3.